The molecule has 0 fully saturated rings. The van der Waals surface area contributed by atoms with Gasteiger partial charge in [0.25, 0.3) is 5.56 Å². The number of aromatic nitrogens is 2. The molecule has 9 heteroatoms. The van der Waals surface area contributed by atoms with Crippen molar-refractivity contribution in [3.8, 4) is 0 Å². The molecule has 1 amide bonds. The number of carbonyl (C=O) groups is 2. The van der Waals surface area contributed by atoms with Gasteiger partial charge in [0.15, 0.2) is 0 Å². The molecule has 0 bridgehead atoms. The summed E-state index contributed by atoms with van der Waals surface area (Å²) in [6.45, 7) is 3.45. The van der Waals surface area contributed by atoms with Gasteiger partial charge in [-0.05, 0) is 31.0 Å². The predicted octanol–water partition coefficient (Wildman–Crippen LogP) is 3.71. The zero-order valence-corrected chi connectivity index (χ0v) is 16.9. The van der Waals surface area contributed by atoms with Crippen molar-refractivity contribution in [1.82, 2.24) is 9.55 Å². The van der Waals surface area contributed by atoms with Crippen LogP contribution in [0, 0.1) is 6.92 Å². The number of carboxylic acids is 1. The maximum Gasteiger partial charge on any atom is 0.337 e. The normalized spacial score (nSPS) is 11.0. The van der Waals surface area contributed by atoms with E-state index in [4.69, 9.17) is 11.6 Å². The van der Waals surface area contributed by atoms with E-state index in [1.165, 1.54) is 9.95 Å². The molecule has 7 nitrogen and oxygen atoms in total. The van der Waals surface area contributed by atoms with Gasteiger partial charge >= 0.3 is 5.97 Å². The number of fused-ring (bicyclic) bond motifs is 1. The molecule has 0 aliphatic heterocycles. The first-order valence-electron chi connectivity index (χ1n) is 8.62. The van der Waals surface area contributed by atoms with E-state index in [2.05, 4.69) is 10.3 Å². The van der Waals surface area contributed by atoms with Gasteiger partial charge in [-0.2, -0.15) is 0 Å². The summed E-state index contributed by atoms with van der Waals surface area (Å²) >= 11 is 7.19. The number of thiophene rings is 1. The molecule has 0 spiro atoms. The second-order valence-electron chi connectivity index (χ2n) is 6.26. The third-order valence-electron chi connectivity index (χ3n) is 4.32. The molecule has 0 saturated heterocycles. The Kier molecular flexibility index (Phi) is 5.81. The average molecular weight is 420 g/mol. The van der Waals surface area contributed by atoms with E-state index < -0.39 is 17.4 Å². The number of nitrogens with zero attached hydrogens (tertiary/aromatic N) is 2. The highest BCUT2D eigenvalue weighted by Crippen LogP contribution is 2.24. The number of carboxylic acid groups (broad SMARTS) is 1. The number of anilines is 1. The van der Waals surface area contributed by atoms with Crippen LogP contribution >= 0.6 is 22.9 Å². The number of aryl methyl sites for hydroxylation is 1. The summed E-state index contributed by atoms with van der Waals surface area (Å²) in [5.41, 5.74) is 0.655. The minimum absolute atomic E-state index is 0.0316. The highest BCUT2D eigenvalue weighted by atomic mass is 35.5. The van der Waals surface area contributed by atoms with Gasteiger partial charge in [0.05, 0.1) is 10.9 Å². The molecule has 0 saturated carbocycles. The predicted molar refractivity (Wildman–Crippen MR) is 110 cm³/mol. The SMILES string of the molecule is CCCc1nc2scc(C(=O)O)c2c(=O)n1CC(=O)Nc1cccc(Cl)c1C. The largest absolute Gasteiger partial charge is 0.478 e. The van der Waals surface area contributed by atoms with Crippen LogP contribution in [0.1, 0.15) is 35.1 Å². The number of nitrogens with one attached hydrogen (secondary N) is 1. The maximum atomic E-state index is 13.0. The van der Waals surface area contributed by atoms with Gasteiger partial charge in [-0.1, -0.05) is 24.6 Å². The van der Waals surface area contributed by atoms with Gasteiger partial charge in [0.2, 0.25) is 5.91 Å². The fourth-order valence-corrected chi connectivity index (χ4v) is 3.97. The molecule has 0 unspecified atom stereocenters. The fraction of sp³-hybridized carbons (Fsp3) is 0.263. The monoisotopic (exact) mass is 419 g/mol. The van der Waals surface area contributed by atoms with Crippen LogP contribution in [0.15, 0.2) is 28.4 Å². The molecule has 1 aromatic carbocycles. The van der Waals surface area contributed by atoms with Crippen LogP contribution in [0.4, 0.5) is 5.69 Å². The number of aromatic carboxylic acids is 1. The summed E-state index contributed by atoms with van der Waals surface area (Å²) < 4.78 is 1.25. The van der Waals surface area contributed by atoms with Gasteiger partial charge in [0, 0.05) is 22.5 Å². The van der Waals surface area contributed by atoms with E-state index in [1.54, 1.807) is 25.1 Å². The lowest BCUT2D eigenvalue weighted by Gasteiger charge is -2.13. The molecule has 0 atom stereocenters. The van der Waals surface area contributed by atoms with Gasteiger partial charge < -0.3 is 10.4 Å². The van der Waals surface area contributed by atoms with Crippen molar-refractivity contribution in [3.63, 3.8) is 0 Å². The summed E-state index contributed by atoms with van der Waals surface area (Å²) in [5.74, 6) is -1.16. The van der Waals surface area contributed by atoms with E-state index in [1.807, 2.05) is 6.92 Å². The lowest BCUT2D eigenvalue weighted by Crippen LogP contribution is -2.31. The standard InChI is InChI=1S/C19H18ClN3O4S/c1-3-5-14-22-17-16(11(9-28-17)19(26)27)18(25)23(14)8-15(24)21-13-7-4-6-12(20)10(13)2/h4,6-7,9H,3,5,8H2,1-2H3,(H,21,24)(H,26,27). The van der Waals surface area contributed by atoms with Crippen molar-refractivity contribution in [1.29, 1.82) is 0 Å². The van der Waals surface area contributed by atoms with Crippen LogP contribution in [0.25, 0.3) is 10.2 Å². The van der Waals surface area contributed by atoms with Crippen LogP contribution in [-0.2, 0) is 17.8 Å². The first kappa shape index (κ1) is 20.0. The molecule has 28 heavy (non-hydrogen) atoms. The average Bonchev–Trinajstić information content (AvgIpc) is 3.07. The lowest BCUT2D eigenvalue weighted by molar-refractivity contribution is -0.116. The summed E-state index contributed by atoms with van der Waals surface area (Å²) in [6.07, 6.45) is 1.22. The number of benzene rings is 1. The summed E-state index contributed by atoms with van der Waals surface area (Å²) in [5, 5.41) is 14.0. The van der Waals surface area contributed by atoms with Gasteiger partial charge in [-0.3, -0.25) is 14.2 Å². The molecule has 0 aliphatic rings. The van der Waals surface area contributed by atoms with E-state index in [0.717, 1.165) is 23.3 Å². The Balaban J connectivity index is 2.02. The number of amides is 1. The number of hydrogen-bond acceptors (Lipinski definition) is 5. The summed E-state index contributed by atoms with van der Waals surface area (Å²) in [6, 6.07) is 5.16. The molecule has 0 aliphatic carbocycles. The Labute approximate surface area is 169 Å². The number of halogens is 1. The van der Waals surface area contributed by atoms with Crippen molar-refractivity contribution in [2.45, 2.75) is 33.2 Å². The molecular formula is C19H18ClN3O4S. The van der Waals surface area contributed by atoms with Crippen molar-refractivity contribution >= 4 is 50.7 Å². The molecular weight excluding hydrogens is 402 g/mol. The third kappa shape index (κ3) is 3.79. The van der Waals surface area contributed by atoms with Crippen molar-refractivity contribution < 1.29 is 14.7 Å². The second-order valence-corrected chi connectivity index (χ2v) is 7.53. The van der Waals surface area contributed by atoms with Crippen molar-refractivity contribution in [3.05, 3.63) is 55.9 Å². The lowest BCUT2D eigenvalue weighted by atomic mass is 10.2. The number of rotatable bonds is 6. The van der Waals surface area contributed by atoms with Crippen LogP contribution in [0.3, 0.4) is 0 Å². The Morgan fingerprint density at radius 2 is 2.11 bits per heavy atom. The summed E-state index contributed by atoms with van der Waals surface area (Å²) in [4.78, 5) is 41.8. The Hall–Kier alpha value is -2.71. The van der Waals surface area contributed by atoms with Crippen LogP contribution in [0.5, 0.6) is 0 Å². The highest BCUT2D eigenvalue weighted by Gasteiger charge is 2.20. The zero-order valence-electron chi connectivity index (χ0n) is 15.3. The fourth-order valence-electron chi connectivity index (χ4n) is 2.88. The Bertz CT molecular complexity index is 1140. The van der Waals surface area contributed by atoms with Gasteiger partial charge in [0.1, 0.15) is 17.2 Å². The topological polar surface area (TPSA) is 101 Å². The van der Waals surface area contributed by atoms with Crippen LogP contribution in [-0.4, -0.2) is 26.5 Å². The van der Waals surface area contributed by atoms with Crippen molar-refractivity contribution in [2.75, 3.05) is 5.32 Å². The van der Waals surface area contributed by atoms with Crippen LogP contribution in [0.2, 0.25) is 5.02 Å². The molecule has 0 radical (unpaired) electrons. The molecule has 3 rings (SSSR count). The molecule has 2 N–H and O–H groups in total. The molecule has 146 valence electrons. The number of hydrogen-bond donors (Lipinski definition) is 2. The van der Waals surface area contributed by atoms with E-state index in [9.17, 15) is 19.5 Å². The molecule has 2 heterocycles. The quantitative estimate of drug-likeness (QED) is 0.634. The third-order valence-corrected chi connectivity index (χ3v) is 5.60. The highest BCUT2D eigenvalue weighted by molar-refractivity contribution is 7.17. The minimum atomic E-state index is -1.20. The summed E-state index contributed by atoms with van der Waals surface area (Å²) in [7, 11) is 0. The zero-order chi connectivity index (χ0) is 20.4. The van der Waals surface area contributed by atoms with Crippen molar-refractivity contribution in [2.24, 2.45) is 0 Å². The smallest absolute Gasteiger partial charge is 0.337 e. The van der Waals surface area contributed by atoms with E-state index in [-0.39, 0.29) is 17.5 Å². The van der Waals surface area contributed by atoms with E-state index >= 15 is 0 Å². The Morgan fingerprint density at radius 1 is 1.36 bits per heavy atom. The van der Waals surface area contributed by atoms with Gasteiger partial charge in [-0.15, -0.1) is 11.3 Å². The maximum absolute atomic E-state index is 13.0. The van der Waals surface area contributed by atoms with Crippen LogP contribution < -0.4 is 10.9 Å². The molecule has 2 aromatic heterocycles. The number of carbonyl (C=O) groups excluding carboxylic acids is 1. The van der Waals surface area contributed by atoms with Gasteiger partial charge in [-0.25, -0.2) is 9.78 Å². The minimum Gasteiger partial charge on any atom is -0.478 e. The first-order valence-corrected chi connectivity index (χ1v) is 9.88. The Morgan fingerprint density at radius 3 is 2.79 bits per heavy atom. The molecule has 3 aromatic rings. The second kappa shape index (κ2) is 8.12. The first-order chi connectivity index (χ1) is 13.3. The van der Waals surface area contributed by atoms with E-state index in [0.29, 0.717) is 27.8 Å².